The molecule has 0 atom stereocenters. The van der Waals surface area contributed by atoms with Crippen LogP contribution in [-0.2, 0) is 6.54 Å². The Balaban J connectivity index is 2.24. The minimum absolute atomic E-state index is 0.428. The Bertz CT molecular complexity index is 630. The van der Waals surface area contributed by atoms with Crippen molar-refractivity contribution in [1.82, 2.24) is 4.98 Å². The lowest BCUT2D eigenvalue weighted by atomic mass is 10.1. The number of pyridine rings is 1. The molecule has 100 valence electrons. The third kappa shape index (κ3) is 3.91. The Morgan fingerprint density at radius 1 is 1.25 bits per heavy atom. The Hall–Kier alpha value is -2.18. The molecule has 3 nitrogen and oxygen atoms in total. The van der Waals surface area contributed by atoms with Crippen LogP contribution in [0.4, 0.5) is 0 Å². The van der Waals surface area contributed by atoms with E-state index in [9.17, 15) is 0 Å². The summed E-state index contributed by atoms with van der Waals surface area (Å²) in [6.45, 7) is 0.541. The Labute approximate surface area is 123 Å². The average molecular weight is 284 g/mol. The highest BCUT2D eigenvalue weighted by Gasteiger charge is 2.07. The highest BCUT2D eigenvalue weighted by molar-refractivity contribution is 6.34. The van der Waals surface area contributed by atoms with E-state index < -0.39 is 0 Å². The van der Waals surface area contributed by atoms with E-state index >= 15 is 0 Å². The van der Waals surface area contributed by atoms with Crippen molar-refractivity contribution in [3.8, 4) is 6.07 Å². The van der Waals surface area contributed by atoms with Gasteiger partial charge in [0.25, 0.3) is 0 Å². The number of aliphatic imine (C=N–C) groups is 1. The van der Waals surface area contributed by atoms with Crippen molar-refractivity contribution in [3.05, 3.63) is 64.9 Å². The molecular formula is C16H14ClN3. The second kappa shape index (κ2) is 7.42. The molecule has 0 saturated carbocycles. The first-order valence-corrected chi connectivity index (χ1v) is 6.73. The van der Waals surface area contributed by atoms with E-state index in [-0.39, 0.29) is 0 Å². The maximum absolute atomic E-state index is 8.77. The minimum atomic E-state index is 0.428. The van der Waals surface area contributed by atoms with Crippen molar-refractivity contribution in [1.29, 1.82) is 5.26 Å². The Kier molecular flexibility index (Phi) is 5.28. The summed E-state index contributed by atoms with van der Waals surface area (Å²) >= 11 is 6.20. The monoisotopic (exact) mass is 283 g/mol. The maximum Gasteiger partial charge on any atom is 0.0658 e. The van der Waals surface area contributed by atoms with E-state index in [0.29, 0.717) is 24.4 Å². The highest BCUT2D eigenvalue weighted by atomic mass is 35.5. The second-order valence-corrected chi connectivity index (χ2v) is 4.67. The average Bonchev–Trinajstić information content (AvgIpc) is 2.49. The van der Waals surface area contributed by atoms with Gasteiger partial charge in [0.1, 0.15) is 0 Å². The van der Waals surface area contributed by atoms with E-state index in [2.05, 4.69) is 16.0 Å². The molecule has 0 bridgehead atoms. The van der Waals surface area contributed by atoms with E-state index in [1.165, 1.54) is 0 Å². The Morgan fingerprint density at radius 3 is 2.80 bits per heavy atom. The fourth-order valence-electron chi connectivity index (χ4n) is 1.85. The van der Waals surface area contributed by atoms with Gasteiger partial charge >= 0.3 is 0 Å². The molecule has 1 aromatic carbocycles. The standard InChI is InChI=1S/C16H14ClN3/c17-15-7-2-1-6-14(15)16(8-3-9-18)20-12-13-5-4-10-19-11-13/h1-2,4-7,10-11H,3,8,12H2. The first-order valence-electron chi connectivity index (χ1n) is 6.35. The molecule has 2 rings (SSSR count). The second-order valence-electron chi connectivity index (χ2n) is 4.26. The minimum Gasteiger partial charge on any atom is -0.284 e. The van der Waals surface area contributed by atoms with Gasteiger partial charge in [0.05, 0.1) is 12.6 Å². The number of aromatic nitrogens is 1. The van der Waals surface area contributed by atoms with Crippen LogP contribution in [0.25, 0.3) is 0 Å². The maximum atomic E-state index is 8.77. The summed E-state index contributed by atoms with van der Waals surface area (Å²) in [7, 11) is 0. The van der Waals surface area contributed by atoms with Crippen LogP contribution >= 0.6 is 11.6 Å². The SMILES string of the molecule is N#CCCC(=NCc1cccnc1)c1ccccc1Cl. The molecule has 4 heteroatoms. The molecule has 0 aliphatic carbocycles. The molecular weight excluding hydrogens is 270 g/mol. The van der Waals surface area contributed by atoms with E-state index in [1.54, 1.807) is 12.4 Å². The molecule has 0 fully saturated rings. The van der Waals surface area contributed by atoms with Gasteiger partial charge in [-0.05, 0) is 17.7 Å². The molecule has 0 saturated heterocycles. The lowest BCUT2D eigenvalue weighted by Crippen LogP contribution is -2.02. The number of nitriles is 1. The number of nitrogens with zero attached hydrogens (tertiary/aromatic N) is 3. The van der Waals surface area contributed by atoms with E-state index in [0.717, 1.165) is 16.8 Å². The molecule has 0 unspecified atom stereocenters. The largest absolute Gasteiger partial charge is 0.284 e. The number of rotatable bonds is 5. The third-order valence-electron chi connectivity index (χ3n) is 2.83. The van der Waals surface area contributed by atoms with Gasteiger partial charge in [0, 0.05) is 41.5 Å². The summed E-state index contributed by atoms with van der Waals surface area (Å²) in [5, 5.41) is 9.43. The highest BCUT2D eigenvalue weighted by Crippen LogP contribution is 2.18. The molecule has 0 radical (unpaired) electrons. The van der Waals surface area contributed by atoms with Gasteiger partial charge in [0.2, 0.25) is 0 Å². The van der Waals surface area contributed by atoms with Gasteiger partial charge in [-0.1, -0.05) is 35.9 Å². The summed E-state index contributed by atoms with van der Waals surface area (Å²) in [6.07, 6.45) is 4.55. The third-order valence-corrected chi connectivity index (χ3v) is 3.16. The zero-order valence-electron chi connectivity index (χ0n) is 11.0. The smallest absolute Gasteiger partial charge is 0.0658 e. The first kappa shape index (κ1) is 14.2. The van der Waals surface area contributed by atoms with Gasteiger partial charge in [0.15, 0.2) is 0 Å². The molecule has 0 spiro atoms. The number of hydrogen-bond acceptors (Lipinski definition) is 3. The van der Waals surface area contributed by atoms with Crippen molar-refractivity contribution in [2.45, 2.75) is 19.4 Å². The molecule has 2 aromatic rings. The van der Waals surface area contributed by atoms with Gasteiger partial charge in [-0.25, -0.2) is 0 Å². The van der Waals surface area contributed by atoms with Crippen LogP contribution in [0.15, 0.2) is 53.8 Å². The summed E-state index contributed by atoms with van der Waals surface area (Å²) in [5.41, 5.74) is 2.79. The van der Waals surface area contributed by atoms with Gasteiger partial charge < -0.3 is 0 Å². The molecule has 0 aliphatic rings. The zero-order chi connectivity index (χ0) is 14.2. The van der Waals surface area contributed by atoms with Crippen molar-refractivity contribution < 1.29 is 0 Å². The molecule has 0 N–H and O–H groups in total. The topological polar surface area (TPSA) is 49.0 Å². The van der Waals surface area contributed by atoms with Crippen LogP contribution < -0.4 is 0 Å². The predicted molar refractivity (Wildman–Crippen MR) is 80.8 cm³/mol. The van der Waals surface area contributed by atoms with Crippen LogP contribution in [0.2, 0.25) is 5.02 Å². The van der Waals surface area contributed by atoms with E-state index in [1.807, 2.05) is 36.4 Å². The van der Waals surface area contributed by atoms with Gasteiger partial charge in [-0.15, -0.1) is 0 Å². The Morgan fingerprint density at radius 2 is 2.10 bits per heavy atom. The van der Waals surface area contributed by atoms with Crippen molar-refractivity contribution >= 4 is 17.3 Å². The van der Waals surface area contributed by atoms with Crippen LogP contribution in [0.3, 0.4) is 0 Å². The van der Waals surface area contributed by atoms with Crippen LogP contribution in [0, 0.1) is 11.3 Å². The van der Waals surface area contributed by atoms with Gasteiger partial charge in [-0.2, -0.15) is 5.26 Å². The van der Waals surface area contributed by atoms with E-state index in [4.69, 9.17) is 16.9 Å². The first-order chi connectivity index (χ1) is 9.81. The fraction of sp³-hybridized carbons (Fsp3) is 0.188. The van der Waals surface area contributed by atoms with Crippen LogP contribution in [0.5, 0.6) is 0 Å². The lowest BCUT2D eigenvalue weighted by Gasteiger charge is -2.07. The summed E-state index contributed by atoms with van der Waals surface area (Å²) in [6, 6.07) is 13.6. The van der Waals surface area contributed by atoms with Crippen molar-refractivity contribution in [2.24, 2.45) is 4.99 Å². The summed E-state index contributed by atoms with van der Waals surface area (Å²) in [4.78, 5) is 8.67. The van der Waals surface area contributed by atoms with Gasteiger partial charge in [-0.3, -0.25) is 9.98 Å². The van der Waals surface area contributed by atoms with Crippen LogP contribution in [0.1, 0.15) is 24.0 Å². The lowest BCUT2D eigenvalue weighted by molar-refractivity contribution is 1.01. The van der Waals surface area contributed by atoms with Crippen molar-refractivity contribution in [3.63, 3.8) is 0 Å². The summed E-state index contributed by atoms with van der Waals surface area (Å²) < 4.78 is 0. The molecule has 1 heterocycles. The molecule has 20 heavy (non-hydrogen) atoms. The number of benzene rings is 1. The number of halogens is 1. The molecule has 1 aromatic heterocycles. The van der Waals surface area contributed by atoms with Crippen molar-refractivity contribution in [2.75, 3.05) is 0 Å². The normalized spacial score (nSPS) is 11.1. The summed E-state index contributed by atoms with van der Waals surface area (Å²) in [5.74, 6) is 0. The van der Waals surface area contributed by atoms with Crippen LogP contribution in [-0.4, -0.2) is 10.7 Å². The zero-order valence-corrected chi connectivity index (χ0v) is 11.7. The predicted octanol–water partition coefficient (Wildman–Crippen LogP) is 4.03. The number of hydrogen-bond donors (Lipinski definition) is 0. The fourth-order valence-corrected chi connectivity index (χ4v) is 2.09. The molecule has 0 amide bonds. The quantitative estimate of drug-likeness (QED) is 0.778. The molecule has 0 aliphatic heterocycles.